The number of nitrogens with one attached hydrogen (secondary N) is 1. The first-order valence-electron chi connectivity index (χ1n) is 6.11. The van der Waals surface area contributed by atoms with Gasteiger partial charge in [-0.25, -0.2) is 9.18 Å². The Morgan fingerprint density at radius 1 is 1.47 bits per heavy atom. The van der Waals surface area contributed by atoms with Gasteiger partial charge in [0.05, 0.1) is 7.11 Å². The molecule has 0 saturated carbocycles. The summed E-state index contributed by atoms with van der Waals surface area (Å²) < 4.78 is 18.6. The number of rotatable bonds is 3. The minimum Gasteiger partial charge on any atom is -0.468 e. The maximum atomic E-state index is 13.2. The standard InChI is InChI=1S/C13H16BrFN2O2/c1-19-13(18)12(17-6-4-16-5-7-17)10-3-2-9(15)8-11(10)14/h2-3,8,12,16H,4-7H2,1H3. The van der Waals surface area contributed by atoms with Crippen molar-refractivity contribution in [1.29, 1.82) is 0 Å². The fraction of sp³-hybridized carbons (Fsp3) is 0.462. The van der Waals surface area contributed by atoms with E-state index in [1.807, 2.05) is 4.90 Å². The first-order valence-corrected chi connectivity index (χ1v) is 6.90. The fourth-order valence-electron chi connectivity index (χ4n) is 2.25. The summed E-state index contributed by atoms with van der Waals surface area (Å²) in [4.78, 5) is 14.1. The van der Waals surface area contributed by atoms with Crippen LogP contribution in [0, 0.1) is 5.82 Å². The highest BCUT2D eigenvalue weighted by Crippen LogP contribution is 2.29. The van der Waals surface area contributed by atoms with Crippen molar-refractivity contribution < 1.29 is 13.9 Å². The molecular weight excluding hydrogens is 315 g/mol. The van der Waals surface area contributed by atoms with E-state index in [2.05, 4.69) is 21.2 Å². The van der Waals surface area contributed by atoms with E-state index in [1.54, 1.807) is 6.07 Å². The van der Waals surface area contributed by atoms with Gasteiger partial charge in [0.15, 0.2) is 0 Å². The molecule has 0 bridgehead atoms. The van der Waals surface area contributed by atoms with Gasteiger partial charge < -0.3 is 10.1 Å². The molecule has 0 aromatic heterocycles. The third kappa shape index (κ3) is 3.32. The predicted octanol–water partition coefficient (Wildman–Crippen LogP) is 1.71. The van der Waals surface area contributed by atoms with E-state index in [0.717, 1.165) is 31.7 Å². The summed E-state index contributed by atoms with van der Waals surface area (Å²) in [6.45, 7) is 3.16. The predicted molar refractivity (Wildman–Crippen MR) is 73.3 cm³/mol. The topological polar surface area (TPSA) is 41.6 Å². The molecule has 1 unspecified atom stereocenters. The largest absolute Gasteiger partial charge is 0.468 e. The van der Waals surface area contributed by atoms with Crippen LogP contribution in [0.25, 0.3) is 0 Å². The molecule has 1 N–H and O–H groups in total. The Bertz CT molecular complexity index is 464. The van der Waals surface area contributed by atoms with Crippen molar-refractivity contribution in [3.63, 3.8) is 0 Å². The minimum atomic E-state index is -0.498. The minimum absolute atomic E-state index is 0.325. The Kier molecular flexibility index (Phi) is 4.90. The number of carbonyl (C=O) groups excluding carboxylic acids is 1. The molecule has 1 aliphatic heterocycles. The normalized spacial score (nSPS) is 18.1. The van der Waals surface area contributed by atoms with Gasteiger partial charge in [0.2, 0.25) is 0 Å². The van der Waals surface area contributed by atoms with Crippen molar-refractivity contribution >= 4 is 21.9 Å². The Labute approximate surface area is 120 Å². The molecule has 4 nitrogen and oxygen atoms in total. The molecule has 104 valence electrons. The molecular formula is C13H16BrFN2O2. The van der Waals surface area contributed by atoms with Gasteiger partial charge in [0.25, 0.3) is 0 Å². The Hall–Kier alpha value is -0.980. The summed E-state index contributed by atoms with van der Waals surface area (Å²) in [5.41, 5.74) is 0.732. The van der Waals surface area contributed by atoms with Gasteiger partial charge in [-0.2, -0.15) is 0 Å². The molecule has 1 fully saturated rings. The van der Waals surface area contributed by atoms with E-state index in [9.17, 15) is 9.18 Å². The van der Waals surface area contributed by atoms with Crippen LogP contribution in [0.4, 0.5) is 4.39 Å². The molecule has 1 atom stereocenters. The number of hydrogen-bond donors (Lipinski definition) is 1. The van der Waals surface area contributed by atoms with Crippen LogP contribution in [0.2, 0.25) is 0 Å². The molecule has 2 rings (SSSR count). The van der Waals surface area contributed by atoms with Crippen molar-refractivity contribution in [1.82, 2.24) is 10.2 Å². The molecule has 0 amide bonds. The van der Waals surface area contributed by atoms with Crippen LogP contribution in [0.1, 0.15) is 11.6 Å². The zero-order valence-electron chi connectivity index (χ0n) is 10.7. The van der Waals surface area contributed by atoms with E-state index < -0.39 is 6.04 Å². The Morgan fingerprint density at radius 3 is 2.74 bits per heavy atom. The van der Waals surface area contributed by atoms with Crippen molar-refractivity contribution in [2.75, 3.05) is 33.3 Å². The molecule has 1 aromatic rings. The van der Waals surface area contributed by atoms with E-state index in [0.29, 0.717) is 4.47 Å². The lowest BCUT2D eigenvalue weighted by Crippen LogP contribution is -2.47. The highest BCUT2D eigenvalue weighted by molar-refractivity contribution is 9.10. The number of carbonyl (C=O) groups is 1. The average molecular weight is 331 g/mol. The van der Waals surface area contributed by atoms with Crippen LogP contribution in [-0.2, 0) is 9.53 Å². The summed E-state index contributed by atoms with van der Waals surface area (Å²) in [6.07, 6.45) is 0. The molecule has 0 aliphatic carbocycles. The van der Waals surface area contributed by atoms with Crippen molar-refractivity contribution in [3.05, 3.63) is 34.1 Å². The highest BCUT2D eigenvalue weighted by Gasteiger charge is 2.31. The molecule has 6 heteroatoms. The van der Waals surface area contributed by atoms with E-state index in [1.165, 1.54) is 19.2 Å². The van der Waals surface area contributed by atoms with E-state index in [4.69, 9.17) is 4.74 Å². The van der Waals surface area contributed by atoms with Gasteiger partial charge in [0, 0.05) is 30.7 Å². The number of benzene rings is 1. The number of nitrogens with zero attached hydrogens (tertiary/aromatic N) is 1. The van der Waals surface area contributed by atoms with E-state index >= 15 is 0 Å². The first-order chi connectivity index (χ1) is 9.13. The monoisotopic (exact) mass is 330 g/mol. The maximum absolute atomic E-state index is 13.2. The third-order valence-electron chi connectivity index (χ3n) is 3.20. The number of piperazine rings is 1. The lowest BCUT2D eigenvalue weighted by atomic mass is 10.0. The van der Waals surface area contributed by atoms with Crippen LogP contribution in [0.3, 0.4) is 0 Å². The van der Waals surface area contributed by atoms with Crippen molar-refractivity contribution in [2.45, 2.75) is 6.04 Å². The van der Waals surface area contributed by atoms with Gasteiger partial charge in [0.1, 0.15) is 11.9 Å². The molecule has 0 radical (unpaired) electrons. The molecule has 0 spiro atoms. The number of methoxy groups -OCH3 is 1. The van der Waals surface area contributed by atoms with Crippen molar-refractivity contribution in [3.8, 4) is 0 Å². The quantitative estimate of drug-likeness (QED) is 0.857. The van der Waals surface area contributed by atoms with Gasteiger partial charge in [-0.15, -0.1) is 0 Å². The van der Waals surface area contributed by atoms with Gasteiger partial charge in [-0.1, -0.05) is 22.0 Å². The molecule has 19 heavy (non-hydrogen) atoms. The van der Waals surface area contributed by atoms with Gasteiger partial charge in [-0.05, 0) is 17.7 Å². The van der Waals surface area contributed by atoms with Crippen LogP contribution >= 0.6 is 15.9 Å². The molecule has 1 heterocycles. The molecule has 1 saturated heterocycles. The van der Waals surface area contributed by atoms with Gasteiger partial charge in [-0.3, -0.25) is 4.90 Å². The number of esters is 1. The van der Waals surface area contributed by atoms with Crippen LogP contribution in [-0.4, -0.2) is 44.2 Å². The zero-order valence-corrected chi connectivity index (χ0v) is 12.2. The summed E-state index contributed by atoms with van der Waals surface area (Å²) in [7, 11) is 1.37. The van der Waals surface area contributed by atoms with Gasteiger partial charge >= 0.3 is 5.97 Å². The van der Waals surface area contributed by atoms with E-state index in [-0.39, 0.29) is 11.8 Å². The van der Waals surface area contributed by atoms with Crippen molar-refractivity contribution in [2.24, 2.45) is 0 Å². The fourth-order valence-corrected chi connectivity index (χ4v) is 2.82. The summed E-state index contributed by atoms with van der Waals surface area (Å²) in [5, 5.41) is 3.24. The van der Waals surface area contributed by atoms with Crippen LogP contribution in [0.5, 0.6) is 0 Å². The first kappa shape index (κ1) is 14.4. The molecule has 1 aromatic carbocycles. The lowest BCUT2D eigenvalue weighted by Gasteiger charge is -2.33. The number of halogens is 2. The third-order valence-corrected chi connectivity index (χ3v) is 3.89. The second kappa shape index (κ2) is 6.45. The SMILES string of the molecule is COC(=O)C(c1ccc(F)cc1Br)N1CCNCC1. The Morgan fingerprint density at radius 2 is 2.16 bits per heavy atom. The summed E-state index contributed by atoms with van der Waals surface area (Å²) in [5.74, 6) is -0.659. The second-order valence-corrected chi connectivity index (χ2v) is 5.23. The maximum Gasteiger partial charge on any atom is 0.327 e. The zero-order chi connectivity index (χ0) is 13.8. The summed E-state index contributed by atoms with van der Waals surface area (Å²) >= 11 is 3.32. The second-order valence-electron chi connectivity index (χ2n) is 4.38. The summed E-state index contributed by atoms with van der Waals surface area (Å²) in [6, 6.07) is 3.86. The highest BCUT2D eigenvalue weighted by atomic mass is 79.9. The lowest BCUT2D eigenvalue weighted by molar-refractivity contribution is -0.147. The van der Waals surface area contributed by atoms with Crippen LogP contribution in [0.15, 0.2) is 22.7 Å². The number of ether oxygens (including phenoxy) is 1. The smallest absolute Gasteiger partial charge is 0.327 e. The Balaban J connectivity index is 2.33. The van der Waals surface area contributed by atoms with Crippen LogP contribution < -0.4 is 5.32 Å². The molecule has 1 aliphatic rings. The average Bonchev–Trinajstić information content (AvgIpc) is 2.42. The number of hydrogen-bond acceptors (Lipinski definition) is 4.